The fourth-order valence-corrected chi connectivity index (χ4v) is 9.22. The molecular weight excluding hydrogens is 749 g/mol. The number of hydrogen-bond acceptors (Lipinski definition) is 9. The third-order valence-corrected chi connectivity index (χ3v) is 12.9. The van der Waals surface area contributed by atoms with Crippen molar-refractivity contribution < 1.29 is 32.3 Å². The van der Waals surface area contributed by atoms with Gasteiger partial charge in [0.25, 0.3) is 11.5 Å². The lowest BCUT2D eigenvalue weighted by molar-refractivity contribution is -0.141. The number of allylic oxidation sites excluding steroid dienone is 1. The van der Waals surface area contributed by atoms with E-state index in [2.05, 4.69) is 20.5 Å². The van der Waals surface area contributed by atoms with Crippen LogP contribution in [0.3, 0.4) is 0 Å². The van der Waals surface area contributed by atoms with Gasteiger partial charge in [-0.25, -0.2) is 17.9 Å². The molecule has 7 rings (SSSR count). The van der Waals surface area contributed by atoms with Gasteiger partial charge in [-0.05, 0) is 70.4 Å². The summed E-state index contributed by atoms with van der Waals surface area (Å²) in [6.07, 6.45) is 8.69. The molecule has 302 valence electrons. The summed E-state index contributed by atoms with van der Waals surface area (Å²) in [5.74, 6) is -2.51. The van der Waals surface area contributed by atoms with Gasteiger partial charge in [0.2, 0.25) is 21.8 Å². The number of aromatic nitrogens is 2. The standard InChI is InChI=1S/C42H50N6O8S/c1-41(2,3)56-40(53)44-33-20-14-6-4-5-13-19-29-24-42(29,39(52)46-57(54,55)31-21-22-31)45-36(49)34-23-30(26-47(34)37(33)50)48-38(51)35(28-17-11-8-12-18-28)32(25-43-48)27-15-9-7-10-16-27/h7-13,15-19,25,29-31,33-34H,4-6,14,20-24,26H2,1-3H3,(H,44,53)(H,45,49)(H,46,52)/b19-13-/t29?,30?,33-,34-,42+/m0/s1. The Labute approximate surface area is 332 Å². The van der Waals surface area contributed by atoms with E-state index < -0.39 is 79.8 Å². The van der Waals surface area contributed by atoms with Gasteiger partial charge in [0.1, 0.15) is 23.2 Å². The fourth-order valence-electron chi connectivity index (χ4n) is 7.85. The number of nitrogens with zero attached hydrogens (tertiary/aromatic N) is 3. The van der Waals surface area contributed by atoms with E-state index in [1.807, 2.05) is 72.8 Å². The van der Waals surface area contributed by atoms with E-state index in [1.54, 1.807) is 27.0 Å². The molecule has 2 aliphatic heterocycles. The Morgan fingerprint density at radius 2 is 1.61 bits per heavy atom. The topological polar surface area (TPSA) is 186 Å². The van der Waals surface area contributed by atoms with Crippen LogP contribution in [0, 0.1) is 5.92 Å². The van der Waals surface area contributed by atoms with Gasteiger partial charge in [-0.3, -0.25) is 23.9 Å². The number of ether oxygens (including phenoxy) is 1. The number of hydrogen-bond donors (Lipinski definition) is 3. The Bertz CT molecular complexity index is 2220. The molecule has 0 spiro atoms. The second-order valence-electron chi connectivity index (χ2n) is 16.5. The van der Waals surface area contributed by atoms with E-state index in [9.17, 15) is 32.4 Å². The zero-order valence-electron chi connectivity index (χ0n) is 32.5. The van der Waals surface area contributed by atoms with Gasteiger partial charge >= 0.3 is 6.09 Å². The highest BCUT2D eigenvalue weighted by Crippen LogP contribution is 2.46. The van der Waals surface area contributed by atoms with Gasteiger partial charge in [0, 0.05) is 24.4 Å². The van der Waals surface area contributed by atoms with Crippen LogP contribution in [0.5, 0.6) is 0 Å². The maximum Gasteiger partial charge on any atom is 0.408 e. The highest BCUT2D eigenvalue weighted by atomic mass is 32.2. The minimum Gasteiger partial charge on any atom is -0.444 e. The van der Waals surface area contributed by atoms with Crippen molar-refractivity contribution >= 4 is 33.8 Å². The highest BCUT2D eigenvalue weighted by Gasteiger charge is 2.62. The van der Waals surface area contributed by atoms with Crippen molar-refractivity contribution in [3.05, 3.63) is 89.4 Å². The SMILES string of the molecule is CC(C)(C)OC(=O)N[C@H]1CCCCC/C=C\C2C[C@@]2(C(=O)NS(=O)(=O)C2CC2)NC(=O)[C@@H]2CC(n3ncc(-c4ccccc4)c(-c4ccccc4)c3=O)CN2C1=O. The first kappa shape index (κ1) is 39.9. The molecule has 3 aromatic rings. The van der Waals surface area contributed by atoms with E-state index in [-0.39, 0.29) is 25.8 Å². The molecule has 5 atom stereocenters. The Balaban J connectivity index is 1.27. The van der Waals surface area contributed by atoms with Gasteiger partial charge in [0.15, 0.2) is 0 Å². The third kappa shape index (κ3) is 8.83. The molecule has 4 amide bonds. The minimum absolute atomic E-state index is 0.0405. The molecule has 1 aromatic heterocycles. The van der Waals surface area contributed by atoms with Gasteiger partial charge in [-0.1, -0.05) is 85.7 Å². The molecule has 57 heavy (non-hydrogen) atoms. The number of benzene rings is 2. The summed E-state index contributed by atoms with van der Waals surface area (Å²) in [5.41, 5.74) is -0.321. The van der Waals surface area contributed by atoms with Gasteiger partial charge in [-0.15, -0.1) is 0 Å². The summed E-state index contributed by atoms with van der Waals surface area (Å²) >= 11 is 0. The van der Waals surface area contributed by atoms with Crippen molar-refractivity contribution in [1.82, 2.24) is 30.0 Å². The molecular formula is C42H50N6O8S. The average Bonchev–Trinajstić information content (AvgIpc) is 4.10. The van der Waals surface area contributed by atoms with Crippen molar-refractivity contribution in [1.29, 1.82) is 0 Å². The summed E-state index contributed by atoms with van der Waals surface area (Å²) in [4.78, 5) is 72.1. The van der Waals surface area contributed by atoms with Crippen LogP contribution in [-0.2, 0) is 29.1 Å². The molecule has 2 unspecified atom stereocenters. The largest absolute Gasteiger partial charge is 0.444 e. The Morgan fingerprint density at radius 1 is 0.930 bits per heavy atom. The number of alkyl carbamates (subject to hydrolysis) is 1. The first-order valence-electron chi connectivity index (χ1n) is 19.7. The number of sulfonamides is 1. The van der Waals surface area contributed by atoms with E-state index in [0.717, 1.165) is 18.4 Å². The molecule has 15 heteroatoms. The molecule has 1 saturated heterocycles. The molecule has 2 aliphatic carbocycles. The molecule has 3 fully saturated rings. The predicted molar refractivity (Wildman–Crippen MR) is 213 cm³/mol. The summed E-state index contributed by atoms with van der Waals surface area (Å²) in [6, 6.07) is 15.6. The van der Waals surface area contributed by atoms with Crippen molar-refractivity contribution in [2.75, 3.05) is 6.54 Å². The highest BCUT2D eigenvalue weighted by molar-refractivity contribution is 7.91. The lowest BCUT2D eigenvalue weighted by atomic mass is 9.97. The maximum absolute atomic E-state index is 14.7. The van der Waals surface area contributed by atoms with Crippen molar-refractivity contribution in [2.45, 2.75) is 113 Å². The maximum atomic E-state index is 14.7. The molecule has 2 aromatic carbocycles. The number of fused-ring (bicyclic) bond motifs is 2. The van der Waals surface area contributed by atoms with Crippen LogP contribution in [0.4, 0.5) is 4.79 Å². The summed E-state index contributed by atoms with van der Waals surface area (Å²) in [6.45, 7) is 5.05. The smallest absolute Gasteiger partial charge is 0.408 e. The van der Waals surface area contributed by atoms with E-state index in [1.165, 1.54) is 9.58 Å². The molecule has 3 heterocycles. The third-order valence-electron chi connectivity index (χ3n) is 11.0. The number of rotatable bonds is 7. The number of carbonyl (C=O) groups is 4. The van der Waals surface area contributed by atoms with Crippen molar-refractivity contribution in [2.24, 2.45) is 5.92 Å². The summed E-state index contributed by atoms with van der Waals surface area (Å²) in [7, 11) is -3.93. The fraction of sp³-hybridized carbons (Fsp3) is 0.476. The van der Waals surface area contributed by atoms with Crippen LogP contribution >= 0.6 is 0 Å². The zero-order chi connectivity index (χ0) is 40.5. The van der Waals surface area contributed by atoms with Crippen LogP contribution in [0.1, 0.15) is 84.6 Å². The van der Waals surface area contributed by atoms with Crippen LogP contribution in [0.25, 0.3) is 22.3 Å². The Kier molecular flexibility index (Phi) is 11.1. The monoisotopic (exact) mass is 798 g/mol. The molecule has 0 bridgehead atoms. The van der Waals surface area contributed by atoms with E-state index in [4.69, 9.17) is 4.74 Å². The quantitative estimate of drug-likeness (QED) is 0.287. The zero-order valence-corrected chi connectivity index (χ0v) is 33.3. The Morgan fingerprint density at radius 3 is 2.28 bits per heavy atom. The van der Waals surface area contributed by atoms with Crippen LogP contribution in [-0.4, -0.2) is 81.9 Å². The van der Waals surface area contributed by atoms with E-state index in [0.29, 0.717) is 42.4 Å². The molecule has 4 aliphatic rings. The second-order valence-corrected chi connectivity index (χ2v) is 18.5. The normalized spacial score (nSPS) is 26.1. The predicted octanol–water partition coefficient (Wildman–Crippen LogP) is 4.62. The van der Waals surface area contributed by atoms with Gasteiger partial charge in [-0.2, -0.15) is 5.10 Å². The molecule has 0 radical (unpaired) electrons. The number of nitrogens with one attached hydrogen (secondary N) is 3. The summed E-state index contributed by atoms with van der Waals surface area (Å²) < 4.78 is 34.8. The van der Waals surface area contributed by atoms with Gasteiger partial charge in [0.05, 0.1) is 23.1 Å². The van der Waals surface area contributed by atoms with E-state index >= 15 is 0 Å². The number of carbonyl (C=O) groups excluding carboxylic acids is 4. The number of amides is 4. The van der Waals surface area contributed by atoms with Crippen molar-refractivity contribution in [3.63, 3.8) is 0 Å². The minimum atomic E-state index is -3.93. The molecule has 2 saturated carbocycles. The van der Waals surface area contributed by atoms with Crippen LogP contribution in [0.15, 0.2) is 83.8 Å². The lowest BCUT2D eigenvalue weighted by Gasteiger charge is -2.30. The van der Waals surface area contributed by atoms with Gasteiger partial charge < -0.3 is 20.3 Å². The van der Waals surface area contributed by atoms with Crippen molar-refractivity contribution in [3.8, 4) is 22.3 Å². The lowest BCUT2D eigenvalue weighted by Crippen LogP contribution is -2.58. The molecule has 3 N–H and O–H groups in total. The van der Waals surface area contributed by atoms with Crippen LogP contribution in [0.2, 0.25) is 0 Å². The Hall–Kier alpha value is -5.31. The average molecular weight is 799 g/mol. The second kappa shape index (κ2) is 15.9. The van der Waals surface area contributed by atoms with Crippen LogP contribution < -0.4 is 20.9 Å². The summed E-state index contributed by atoms with van der Waals surface area (Å²) in [5, 5.41) is 9.58. The first-order chi connectivity index (χ1) is 27.2. The first-order valence-corrected chi connectivity index (χ1v) is 21.3. The molecule has 14 nitrogen and oxygen atoms in total.